The van der Waals surface area contributed by atoms with Crippen molar-refractivity contribution in [2.75, 3.05) is 0 Å². The van der Waals surface area contributed by atoms with Crippen molar-refractivity contribution in [2.24, 2.45) is 5.73 Å². The number of aromatic nitrogens is 3. The monoisotopic (exact) mass is 330 g/mol. The highest BCUT2D eigenvalue weighted by Gasteiger charge is 2.15. The predicted octanol–water partition coefficient (Wildman–Crippen LogP) is 3.26. The van der Waals surface area contributed by atoms with E-state index >= 15 is 0 Å². The smallest absolute Gasteiger partial charge is 0.158 e. The van der Waals surface area contributed by atoms with Gasteiger partial charge in [0.25, 0.3) is 0 Å². The first-order valence-electron chi connectivity index (χ1n) is 6.42. The molecule has 0 fully saturated rings. The summed E-state index contributed by atoms with van der Waals surface area (Å²) in [6.07, 6.45) is 0. The zero-order valence-corrected chi connectivity index (χ0v) is 13.0. The van der Waals surface area contributed by atoms with Crippen LogP contribution in [0.2, 0.25) is 0 Å². The average Bonchev–Trinajstić information content (AvgIpc) is 2.73. The highest BCUT2D eigenvalue weighted by molar-refractivity contribution is 9.10. The summed E-state index contributed by atoms with van der Waals surface area (Å²) in [7, 11) is 0. The zero-order chi connectivity index (χ0) is 14.3. The number of fused-ring (bicyclic) bond motifs is 1. The fourth-order valence-corrected chi connectivity index (χ4v) is 2.56. The highest BCUT2D eigenvalue weighted by atomic mass is 79.9. The molecule has 2 heterocycles. The van der Waals surface area contributed by atoms with Gasteiger partial charge in [0.1, 0.15) is 0 Å². The van der Waals surface area contributed by atoms with Crippen molar-refractivity contribution in [3.05, 3.63) is 51.8 Å². The van der Waals surface area contributed by atoms with Crippen LogP contribution in [0.15, 0.2) is 34.8 Å². The van der Waals surface area contributed by atoms with Crippen LogP contribution in [0, 0.1) is 13.8 Å². The van der Waals surface area contributed by atoms with Gasteiger partial charge in [0.05, 0.1) is 21.4 Å². The van der Waals surface area contributed by atoms with E-state index in [1.807, 2.05) is 42.8 Å². The Labute approximate surface area is 125 Å². The van der Waals surface area contributed by atoms with Crippen molar-refractivity contribution < 1.29 is 0 Å². The molecule has 5 heteroatoms. The molecule has 2 N–H and O–H groups in total. The SMILES string of the molecule is Cc1nn(-c2nc3ccccc3cc2CN)c(C)c1Br. The van der Waals surface area contributed by atoms with Crippen molar-refractivity contribution in [2.45, 2.75) is 20.4 Å². The van der Waals surface area contributed by atoms with E-state index in [1.54, 1.807) is 0 Å². The Balaban J connectivity index is 2.31. The summed E-state index contributed by atoms with van der Waals surface area (Å²) >= 11 is 3.55. The molecular weight excluding hydrogens is 316 g/mol. The van der Waals surface area contributed by atoms with Gasteiger partial charge in [0.15, 0.2) is 5.82 Å². The maximum absolute atomic E-state index is 5.88. The molecule has 0 radical (unpaired) electrons. The van der Waals surface area contributed by atoms with Gasteiger partial charge in [-0.1, -0.05) is 18.2 Å². The fraction of sp³-hybridized carbons (Fsp3) is 0.200. The summed E-state index contributed by atoms with van der Waals surface area (Å²) < 4.78 is 2.86. The molecule has 0 aliphatic heterocycles. The van der Waals surface area contributed by atoms with Gasteiger partial charge < -0.3 is 5.73 Å². The number of halogens is 1. The molecule has 0 aliphatic rings. The van der Waals surface area contributed by atoms with E-state index in [2.05, 4.69) is 27.1 Å². The quantitative estimate of drug-likeness (QED) is 0.784. The summed E-state index contributed by atoms with van der Waals surface area (Å²) in [5.74, 6) is 0.803. The lowest BCUT2D eigenvalue weighted by Gasteiger charge is -2.10. The lowest BCUT2D eigenvalue weighted by Crippen LogP contribution is -2.09. The number of para-hydroxylation sites is 1. The maximum Gasteiger partial charge on any atom is 0.158 e. The molecule has 4 nitrogen and oxygen atoms in total. The summed E-state index contributed by atoms with van der Waals surface area (Å²) in [5, 5.41) is 5.64. The van der Waals surface area contributed by atoms with E-state index in [1.165, 1.54) is 0 Å². The van der Waals surface area contributed by atoms with E-state index in [4.69, 9.17) is 10.7 Å². The molecule has 20 heavy (non-hydrogen) atoms. The Morgan fingerprint density at radius 1 is 1.25 bits per heavy atom. The number of nitrogens with two attached hydrogens (primary N) is 1. The minimum absolute atomic E-state index is 0.434. The Bertz CT molecular complexity index is 792. The van der Waals surface area contributed by atoms with E-state index in [-0.39, 0.29) is 0 Å². The summed E-state index contributed by atoms with van der Waals surface area (Å²) in [5.41, 5.74) is 9.79. The molecule has 0 atom stereocenters. The molecule has 0 aliphatic carbocycles. The minimum atomic E-state index is 0.434. The first-order valence-corrected chi connectivity index (χ1v) is 7.22. The second-order valence-electron chi connectivity index (χ2n) is 4.76. The second-order valence-corrected chi connectivity index (χ2v) is 5.56. The summed E-state index contributed by atoms with van der Waals surface area (Å²) in [4.78, 5) is 4.73. The minimum Gasteiger partial charge on any atom is -0.326 e. The number of hydrogen-bond acceptors (Lipinski definition) is 3. The standard InChI is InChI=1S/C15H15BrN4/c1-9-14(16)10(2)20(19-9)15-12(8-17)7-11-5-3-4-6-13(11)18-15/h3-7H,8,17H2,1-2H3. The Kier molecular flexibility index (Phi) is 3.31. The van der Waals surface area contributed by atoms with Gasteiger partial charge in [-0.05, 0) is 41.9 Å². The molecule has 0 unspecified atom stereocenters. The third-order valence-electron chi connectivity index (χ3n) is 3.40. The van der Waals surface area contributed by atoms with Crippen LogP contribution >= 0.6 is 15.9 Å². The third-order valence-corrected chi connectivity index (χ3v) is 4.55. The molecule has 2 aromatic heterocycles. The van der Waals surface area contributed by atoms with E-state index in [9.17, 15) is 0 Å². The number of aryl methyl sites for hydroxylation is 1. The molecule has 102 valence electrons. The first-order chi connectivity index (χ1) is 9.61. The summed E-state index contributed by atoms with van der Waals surface area (Å²) in [6.45, 7) is 4.42. The van der Waals surface area contributed by atoms with Gasteiger partial charge in [-0.15, -0.1) is 0 Å². The molecule has 0 amide bonds. The number of benzene rings is 1. The number of pyridine rings is 1. The lowest BCUT2D eigenvalue weighted by atomic mass is 10.1. The molecule has 3 aromatic rings. The van der Waals surface area contributed by atoms with Crippen molar-refractivity contribution >= 4 is 26.8 Å². The van der Waals surface area contributed by atoms with E-state index in [0.717, 1.165) is 38.1 Å². The van der Waals surface area contributed by atoms with Crippen molar-refractivity contribution in [1.29, 1.82) is 0 Å². The number of hydrogen-bond donors (Lipinski definition) is 1. The van der Waals surface area contributed by atoms with Gasteiger partial charge in [-0.25, -0.2) is 9.67 Å². The normalized spacial score (nSPS) is 11.2. The number of nitrogens with zero attached hydrogens (tertiary/aromatic N) is 3. The maximum atomic E-state index is 5.88. The first kappa shape index (κ1) is 13.3. The van der Waals surface area contributed by atoms with Crippen LogP contribution in [-0.4, -0.2) is 14.8 Å². The molecule has 0 spiro atoms. The zero-order valence-electron chi connectivity index (χ0n) is 11.4. The van der Waals surface area contributed by atoms with Crippen molar-refractivity contribution in [1.82, 2.24) is 14.8 Å². The second kappa shape index (κ2) is 5.00. The fourth-order valence-electron chi connectivity index (χ4n) is 2.31. The van der Waals surface area contributed by atoms with Crippen molar-refractivity contribution in [3.8, 4) is 5.82 Å². The van der Waals surface area contributed by atoms with Crippen LogP contribution in [-0.2, 0) is 6.54 Å². The van der Waals surface area contributed by atoms with E-state index < -0.39 is 0 Å². The lowest BCUT2D eigenvalue weighted by molar-refractivity contribution is 0.793. The van der Waals surface area contributed by atoms with E-state index in [0.29, 0.717) is 6.54 Å². The van der Waals surface area contributed by atoms with Crippen LogP contribution in [0.3, 0.4) is 0 Å². The summed E-state index contributed by atoms with van der Waals surface area (Å²) in [6, 6.07) is 10.1. The molecule has 1 aromatic carbocycles. The molecule has 3 rings (SSSR count). The van der Waals surface area contributed by atoms with Gasteiger partial charge in [-0.3, -0.25) is 0 Å². The Morgan fingerprint density at radius 3 is 2.65 bits per heavy atom. The van der Waals surface area contributed by atoms with Crippen LogP contribution < -0.4 is 5.73 Å². The van der Waals surface area contributed by atoms with Crippen LogP contribution in [0.25, 0.3) is 16.7 Å². The van der Waals surface area contributed by atoms with Gasteiger partial charge in [-0.2, -0.15) is 5.10 Å². The molecule has 0 bridgehead atoms. The largest absolute Gasteiger partial charge is 0.326 e. The molecule has 0 saturated carbocycles. The average molecular weight is 331 g/mol. The van der Waals surface area contributed by atoms with Crippen LogP contribution in [0.4, 0.5) is 0 Å². The van der Waals surface area contributed by atoms with Gasteiger partial charge in [0.2, 0.25) is 0 Å². The molecular formula is C15H15BrN4. The highest BCUT2D eigenvalue weighted by Crippen LogP contribution is 2.25. The van der Waals surface area contributed by atoms with Crippen molar-refractivity contribution in [3.63, 3.8) is 0 Å². The van der Waals surface area contributed by atoms with Crippen LogP contribution in [0.1, 0.15) is 17.0 Å². The van der Waals surface area contributed by atoms with Crippen LogP contribution in [0.5, 0.6) is 0 Å². The predicted molar refractivity (Wildman–Crippen MR) is 83.9 cm³/mol. The Hall–Kier alpha value is -1.72. The third kappa shape index (κ3) is 2.03. The Morgan fingerprint density at radius 2 is 2.00 bits per heavy atom. The topological polar surface area (TPSA) is 56.7 Å². The van der Waals surface area contributed by atoms with Gasteiger partial charge in [0, 0.05) is 17.5 Å². The van der Waals surface area contributed by atoms with Gasteiger partial charge >= 0.3 is 0 Å². The molecule has 0 saturated heterocycles. The number of rotatable bonds is 2.